The number of hydrogen-bond acceptors (Lipinski definition) is 5. The minimum atomic E-state index is -0.483. The van der Waals surface area contributed by atoms with E-state index in [0.29, 0.717) is 29.4 Å². The second kappa shape index (κ2) is 10.7. The molecule has 5 heteroatoms. The maximum absolute atomic E-state index is 12.2. The minimum Gasteiger partial charge on any atom is -0.490 e. The highest BCUT2D eigenvalue weighted by atomic mass is 16.5. The van der Waals surface area contributed by atoms with Crippen LogP contribution < -0.4 is 14.2 Å². The van der Waals surface area contributed by atoms with Crippen molar-refractivity contribution in [3.8, 4) is 17.2 Å². The van der Waals surface area contributed by atoms with Gasteiger partial charge in [-0.05, 0) is 68.3 Å². The van der Waals surface area contributed by atoms with E-state index in [-0.39, 0.29) is 0 Å². The van der Waals surface area contributed by atoms with Crippen LogP contribution in [0.4, 0.5) is 0 Å². The van der Waals surface area contributed by atoms with Gasteiger partial charge in [-0.15, -0.1) is 0 Å². The standard InChI is InChI=1S/C24H24O5/c1-5-6-15-27-20-11-13-21(14-12-20)28-23(25)16-18(4)19-7-9-22(10-8-19)29-24(26)17(2)3/h5-14,16H,2,15H2,1,3-4H3/b6-5+,18-16+. The summed E-state index contributed by atoms with van der Waals surface area (Å²) in [6, 6.07) is 13.7. The van der Waals surface area contributed by atoms with Crippen molar-refractivity contribution < 1.29 is 23.8 Å². The third-order valence-corrected chi connectivity index (χ3v) is 3.83. The molecule has 0 unspecified atom stereocenters. The molecule has 0 radical (unpaired) electrons. The molecular weight excluding hydrogens is 368 g/mol. The maximum Gasteiger partial charge on any atom is 0.338 e. The lowest BCUT2D eigenvalue weighted by molar-refractivity contribution is -0.130. The fraction of sp³-hybridized carbons (Fsp3) is 0.167. The summed E-state index contributed by atoms with van der Waals surface area (Å²) >= 11 is 0. The number of carbonyl (C=O) groups excluding carboxylic acids is 2. The van der Waals surface area contributed by atoms with Gasteiger partial charge < -0.3 is 14.2 Å². The van der Waals surface area contributed by atoms with Crippen LogP contribution in [0.2, 0.25) is 0 Å². The number of benzene rings is 2. The van der Waals surface area contributed by atoms with Gasteiger partial charge >= 0.3 is 11.9 Å². The zero-order chi connectivity index (χ0) is 21.2. The van der Waals surface area contributed by atoms with Gasteiger partial charge in [-0.2, -0.15) is 0 Å². The van der Waals surface area contributed by atoms with Gasteiger partial charge in [0.25, 0.3) is 0 Å². The average molecular weight is 392 g/mol. The Labute approximate surface area is 170 Å². The molecule has 0 spiro atoms. The predicted octanol–water partition coefficient (Wildman–Crippen LogP) is 5.13. The second-order valence-electron chi connectivity index (χ2n) is 6.29. The SMILES string of the molecule is C=C(C)C(=O)Oc1ccc(/C(C)=C/C(=O)Oc2ccc(OC/C=C/C)cc2)cc1. The van der Waals surface area contributed by atoms with Crippen LogP contribution >= 0.6 is 0 Å². The van der Waals surface area contributed by atoms with E-state index in [0.717, 1.165) is 11.1 Å². The van der Waals surface area contributed by atoms with Crippen molar-refractivity contribution >= 4 is 17.5 Å². The summed E-state index contributed by atoms with van der Waals surface area (Å²) in [4.78, 5) is 23.7. The zero-order valence-electron chi connectivity index (χ0n) is 16.8. The molecule has 0 heterocycles. The lowest BCUT2D eigenvalue weighted by Gasteiger charge is -2.07. The number of esters is 2. The summed E-state index contributed by atoms with van der Waals surface area (Å²) in [6.45, 7) is 9.34. The molecule has 5 nitrogen and oxygen atoms in total. The Morgan fingerprint density at radius 1 is 0.897 bits per heavy atom. The molecule has 0 aliphatic heterocycles. The first-order chi connectivity index (χ1) is 13.9. The van der Waals surface area contributed by atoms with E-state index in [9.17, 15) is 9.59 Å². The summed E-state index contributed by atoms with van der Waals surface area (Å²) < 4.78 is 16.0. The fourth-order valence-electron chi connectivity index (χ4n) is 2.23. The summed E-state index contributed by atoms with van der Waals surface area (Å²) in [7, 11) is 0. The number of carbonyl (C=O) groups is 2. The molecule has 0 amide bonds. The average Bonchev–Trinajstić information content (AvgIpc) is 2.69. The van der Waals surface area contributed by atoms with E-state index in [2.05, 4.69) is 6.58 Å². The lowest BCUT2D eigenvalue weighted by Crippen LogP contribution is -2.08. The minimum absolute atomic E-state index is 0.324. The van der Waals surface area contributed by atoms with Crippen LogP contribution in [0.5, 0.6) is 17.2 Å². The van der Waals surface area contributed by atoms with Crippen LogP contribution in [-0.2, 0) is 9.59 Å². The topological polar surface area (TPSA) is 61.8 Å². The summed E-state index contributed by atoms with van der Waals surface area (Å²) in [6.07, 6.45) is 5.22. The van der Waals surface area contributed by atoms with Crippen LogP contribution in [0.15, 0.2) is 78.9 Å². The third kappa shape index (κ3) is 7.14. The molecule has 0 N–H and O–H groups in total. The van der Waals surface area contributed by atoms with Gasteiger partial charge in [0.15, 0.2) is 0 Å². The maximum atomic E-state index is 12.2. The molecule has 0 aliphatic rings. The van der Waals surface area contributed by atoms with Gasteiger partial charge in [-0.1, -0.05) is 30.9 Å². The molecular formula is C24H24O5. The monoisotopic (exact) mass is 392 g/mol. The van der Waals surface area contributed by atoms with E-state index < -0.39 is 11.9 Å². The fourth-order valence-corrected chi connectivity index (χ4v) is 2.23. The van der Waals surface area contributed by atoms with Crippen molar-refractivity contribution in [2.24, 2.45) is 0 Å². The quantitative estimate of drug-likeness (QED) is 0.270. The van der Waals surface area contributed by atoms with E-state index in [1.165, 1.54) is 6.08 Å². The Balaban J connectivity index is 1.95. The van der Waals surface area contributed by atoms with Crippen molar-refractivity contribution in [3.63, 3.8) is 0 Å². The van der Waals surface area contributed by atoms with E-state index in [1.54, 1.807) is 62.4 Å². The van der Waals surface area contributed by atoms with Crippen LogP contribution in [0, 0.1) is 0 Å². The molecule has 29 heavy (non-hydrogen) atoms. The van der Waals surface area contributed by atoms with Crippen molar-refractivity contribution in [2.45, 2.75) is 20.8 Å². The highest BCUT2D eigenvalue weighted by molar-refractivity contribution is 5.92. The first-order valence-electron chi connectivity index (χ1n) is 9.11. The van der Waals surface area contributed by atoms with E-state index >= 15 is 0 Å². The normalized spacial score (nSPS) is 11.2. The van der Waals surface area contributed by atoms with Gasteiger partial charge in [0.05, 0.1) is 0 Å². The molecule has 0 saturated heterocycles. The molecule has 2 aromatic rings. The molecule has 0 bridgehead atoms. The Bertz CT molecular complexity index is 919. The Morgan fingerprint density at radius 2 is 1.45 bits per heavy atom. The molecule has 0 fully saturated rings. The smallest absolute Gasteiger partial charge is 0.338 e. The molecule has 0 saturated carbocycles. The van der Waals surface area contributed by atoms with Crippen LogP contribution in [-0.4, -0.2) is 18.5 Å². The molecule has 150 valence electrons. The van der Waals surface area contributed by atoms with Crippen LogP contribution in [0.3, 0.4) is 0 Å². The van der Waals surface area contributed by atoms with E-state index in [1.807, 2.05) is 19.1 Å². The predicted molar refractivity (Wildman–Crippen MR) is 113 cm³/mol. The third-order valence-electron chi connectivity index (χ3n) is 3.83. The second-order valence-corrected chi connectivity index (χ2v) is 6.29. The zero-order valence-corrected chi connectivity index (χ0v) is 16.8. The van der Waals surface area contributed by atoms with E-state index in [4.69, 9.17) is 14.2 Å². The van der Waals surface area contributed by atoms with Crippen LogP contribution in [0.1, 0.15) is 26.3 Å². The molecule has 0 atom stereocenters. The Morgan fingerprint density at radius 3 is 2.03 bits per heavy atom. The van der Waals surface area contributed by atoms with Crippen LogP contribution in [0.25, 0.3) is 5.57 Å². The van der Waals surface area contributed by atoms with Gasteiger partial charge in [-0.3, -0.25) is 0 Å². The Kier molecular flexibility index (Phi) is 7.98. The largest absolute Gasteiger partial charge is 0.490 e. The van der Waals surface area contributed by atoms with Crippen molar-refractivity contribution in [3.05, 3.63) is 84.5 Å². The van der Waals surface area contributed by atoms with Gasteiger partial charge in [-0.25, -0.2) is 9.59 Å². The number of hydrogen-bond donors (Lipinski definition) is 0. The number of ether oxygens (including phenoxy) is 3. The molecule has 0 aromatic heterocycles. The highest BCUT2D eigenvalue weighted by Crippen LogP contribution is 2.21. The summed E-state index contributed by atoms with van der Waals surface area (Å²) in [5, 5.41) is 0. The number of allylic oxidation sites excluding steroid dienone is 2. The summed E-state index contributed by atoms with van der Waals surface area (Å²) in [5.41, 5.74) is 1.86. The van der Waals surface area contributed by atoms with Gasteiger partial charge in [0.1, 0.15) is 23.9 Å². The lowest BCUT2D eigenvalue weighted by atomic mass is 10.1. The van der Waals surface area contributed by atoms with Gasteiger partial charge in [0, 0.05) is 11.6 Å². The van der Waals surface area contributed by atoms with Crippen molar-refractivity contribution in [1.82, 2.24) is 0 Å². The molecule has 2 rings (SSSR count). The number of rotatable bonds is 8. The van der Waals surface area contributed by atoms with Crippen molar-refractivity contribution in [1.29, 1.82) is 0 Å². The highest BCUT2D eigenvalue weighted by Gasteiger charge is 2.07. The first-order valence-corrected chi connectivity index (χ1v) is 9.11. The Hall–Kier alpha value is -3.60. The first kappa shape index (κ1) is 21.7. The van der Waals surface area contributed by atoms with Crippen molar-refractivity contribution in [2.75, 3.05) is 6.61 Å². The van der Waals surface area contributed by atoms with Gasteiger partial charge in [0.2, 0.25) is 0 Å². The molecule has 2 aromatic carbocycles. The summed E-state index contributed by atoms with van der Waals surface area (Å²) in [5.74, 6) is 0.574. The molecule has 0 aliphatic carbocycles.